The Morgan fingerprint density at radius 2 is 1.56 bits per heavy atom. The maximum atomic E-state index is 12.7. The summed E-state index contributed by atoms with van der Waals surface area (Å²) in [6, 6.07) is 16.9. The van der Waals surface area contributed by atoms with E-state index in [1.54, 1.807) is 24.3 Å². The Hall–Kier alpha value is -2.12. The average Bonchev–Trinajstić information content (AvgIpc) is 2.54. The zero-order valence-corrected chi connectivity index (χ0v) is 16.1. The lowest BCUT2D eigenvalue weighted by molar-refractivity contribution is 0.585. The number of rotatable bonds is 5. The number of aryl methyl sites for hydroxylation is 1. The molecule has 0 heterocycles. The second-order valence-corrected chi connectivity index (χ2v) is 9.56. The zero-order valence-electron chi connectivity index (χ0n) is 15.3. The number of nitrogens with zero attached hydrogens (tertiary/aromatic N) is 1. The number of nitriles is 1. The second-order valence-electron chi connectivity index (χ2n) is 7.53. The molecule has 0 fully saturated rings. The van der Waals surface area contributed by atoms with E-state index in [9.17, 15) is 8.42 Å². The maximum absolute atomic E-state index is 12.7. The predicted octanol–water partition coefficient (Wildman–Crippen LogP) is 4.76. The third-order valence-corrected chi connectivity index (χ3v) is 6.22. The van der Waals surface area contributed by atoms with E-state index in [0.717, 1.165) is 11.1 Å². The van der Waals surface area contributed by atoms with E-state index >= 15 is 0 Å². The minimum absolute atomic E-state index is 0.0389. The van der Waals surface area contributed by atoms with Crippen LogP contribution in [0.2, 0.25) is 0 Å². The van der Waals surface area contributed by atoms with Crippen molar-refractivity contribution in [3.05, 3.63) is 65.2 Å². The van der Waals surface area contributed by atoms with E-state index in [-0.39, 0.29) is 23.5 Å². The molecule has 3 nitrogen and oxygen atoms in total. The smallest absolute Gasteiger partial charge is 0.179 e. The maximum Gasteiger partial charge on any atom is 0.179 e. The molecule has 2 aromatic rings. The van der Waals surface area contributed by atoms with Gasteiger partial charge in [-0.2, -0.15) is 5.26 Å². The first-order chi connectivity index (χ1) is 11.6. The molecule has 0 aliphatic heterocycles. The molecule has 2 rings (SSSR count). The molecule has 0 saturated carbocycles. The van der Waals surface area contributed by atoms with Crippen molar-refractivity contribution in [2.45, 2.75) is 50.3 Å². The Balaban J connectivity index is 2.29. The van der Waals surface area contributed by atoms with Crippen LogP contribution < -0.4 is 0 Å². The van der Waals surface area contributed by atoms with Crippen molar-refractivity contribution in [2.24, 2.45) is 0 Å². The van der Waals surface area contributed by atoms with Gasteiger partial charge in [0.05, 0.1) is 16.7 Å². The van der Waals surface area contributed by atoms with Crippen molar-refractivity contribution in [3.8, 4) is 6.07 Å². The van der Waals surface area contributed by atoms with Crippen LogP contribution in [-0.4, -0.2) is 14.2 Å². The van der Waals surface area contributed by atoms with Crippen LogP contribution in [-0.2, 0) is 15.3 Å². The Labute approximate surface area is 151 Å². The van der Waals surface area contributed by atoms with Gasteiger partial charge in [-0.1, -0.05) is 62.7 Å². The number of sulfone groups is 1. The molecule has 2 aromatic carbocycles. The number of hydrogen-bond acceptors (Lipinski definition) is 3. The van der Waals surface area contributed by atoms with E-state index in [2.05, 4.69) is 26.8 Å². The predicted molar refractivity (Wildman–Crippen MR) is 101 cm³/mol. The van der Waals surface area contributed by atoms with Gasteiger partial charge in [0.15, 0.2) is 9.84 Å². The van der Waals surface area contributed by atoms with Crippen LogP contribution in [0.15, 0.2) is 53.4 Å². The molecule has 0 spiro atoms. The minimum atomic E-state index is -3.44. The lowest BCUT2D eigenvalue weighted by Gasteiger charge is -2.21. The molecular formula is C21H25NO2S. The largest absolute Gasteiger partial charge is 0.224 e. The Morgan fingerprint density at radius 3 is 2.04 bits per heavy atom. The highest BCUT2D eigenvalue weighted by atomic mass is 32.2. The van der Waals surface area contributed by atoms with Gasteiger partial charge in [0, 0.05) is 12.3 Å². The molecule has 1 atom stereocenters. The van der Waals surface area contributed by atoms with Crippen LogP contribution in [0.25, 0.3) is 0 Å². The van der Waals surface area contributed by atoms with Crippen molar-refractivity contribution in [2.75, 3.05) is 5.75 Å². The third-order valence-electron chi connectivity index (χ3n) is 4.39. The Bertz CT molecular complexity index is 852. The molecule has 0 amide bonds. The van der Waals surface area contributed by atoms with Gasteiger partial charge in [0.1, 0.15) is 0 Å². The van der Waals surface area contributed by atoms with Gasteiger partial charge in [-0.25, -0.2) is 8.42 Å². The van der Waals surface area contributed by atoms with Crippen LogP contribution in [0.4, 0.5) is 0 Å². The van der Waals surface area contributed by atoms with Crippen LogP contribution in [0.3, 0.4) is 0 Å². The molecule has 0 aromatic heterocycles. The summed E-state index contributed by atoms with van der Waals surface area (Å²) >= 11 is 0. The first kappa shape index (κ1) is 19.2. The summed E-state index contributed by atoms with van der Waals surface area (Å²) in [5.74, 6) is -0.385. The number of hydrogen-bond donors (Lipinski definition) is 0. The second kappa shape index (κ2) is 7.41. The summed E-state index contributed by atoms with van der Waals surface area (Å²) in [5, 5.41) is 9.14. The van der Waals surface area contributed by atoms with Gasteiger partial charge in [-0.15, -0.1) is 0 Å². The summed E-state index contributed by atoms with van der Waals surface area (Å²) in [5.41, 5.74) is 3.14. The van der Waals surface area contributed by atoms with Crippen molar-refractivity contribution in [1.82, 2.24) is 0 Å². The van der Waals surface area contributed by atoms with Gasteiger partial charge in [0.25, 0.3) is 0 Å². The summed E-state index contributed by atoms with van der Waals surface area (Å²) in [6.45, 7) is 8.33. The van der Waals surface area contributed by atoms with E-state index in [1.807, 2.05) is 31.2 Å². The van der Waals surface area contributed by atoms with Crippen LogP contribution in [0.1, 0.15) is 49.8 Å². The first-order valence-electron chi connectivity index (χ1n) is 8.40. The van der Waals surface area contributed by atoms with E-state index in [0.29, 0.717) is 4.90 Å². The van der Waals surface area contributed by atoms with Gasteiger partial charge in [-0.05, 0) is 35.6 Å². The standard InChI is InChI=1S/C21H25NO2S/c1-16-5-11-20(12-6-16)25(23,24)15-18(13-14-22)17-7-9-19(10-8-17)21(2,3)4/h5-12,18H,13,15H2,1-4H3. The lowest BCUT2D eigenvalue weighted by atomic mass is 9.85. The summed E-state index contributed by atoms with van der Waals surface area (Å²) in [7, 11) is -3.44. The Kier molecular flexibility index (Phi) is 5.69. The average molecular weight is 356 g/mol. The fourth-order valence-electron chi connectivity index (χ4n) is 2.75. The normalized spacial score (nSPS) is 13.2. The van der Waals surface area contributed by atoms with Crippen molar-refractivity contribution >= 4 is 9.84 Å². The highest BCUT2D eigenvalue weighted by Gasteiger charge is 2.23. The van der Waals surface area contributed by atoms with E-state index < -0.39 is 9.84 Å². The number of benzene rings is 2. The van der Waals surface area contributed by atoms with Gasteiger partial charge < -0.3 is 0 Å². The van der Waals surface area contributed by atoms with Crippen LogP contribution in [0.5, 0.6) is 0 Å². The molecule has 4 heteroatoms. The third kappa shape index (κ3) is 4.93. The molecule has 0 aliphatic rings. The summed E-state index contributed by atoms with van der Waals surface area (Å²) in [6.07, 6.45) is 0.181. The minimum Gasteiger partial charge on any atom is -0.224 e. The highest BCUT2D eigenvalue weighted by Crippen LogP contribution is 2.28. The summed E-state index contributed by atoms with van der Waals surface area (Å²) in [4.78, 5) is 0.312. The fourth-order valence-corrected chi connectivity index (χ4v) is 4.33. The molecule has 0 bridgehead atoms. The highest BCUT2D eigenvalue weighted by molar-refractivity contribution is 7.91. The quantitative estimate of drug-likeness (QED) is 0.776. The zero-order chi connectivity index (χ0) is 18.7. The molecule has 0 aliphatic carbocycles. The molecule has 1 unspecified atom stereocenters. The lowest BCUT2D eigenvalue weighted by Crippen LogP contribution is -2.16. The molecule has 0 radical (unpaired) electrons. The van der Waals surface area contributed by atoms with Gasteiger partial charge in [-0.3, -0.25) is 0 Å². The SMILES string of the molecule is Cc1ccc(S(=O)(=O)CC(CC#N)c2ccc(C(C)(C)C)cc2)cc1. The summed E-state index contributed by atoms with van der Waals surface area (Å²) < 4.78 is 25.4. The van der Waals surface area contributed by atoms with Crippen LogP contribution >= 0.6 is 0 Å². The topological polar surface area (TPSA) is 57.9 Å². The molecular weight excluding hydrogens is 330 g/mol. The Morgan fingerprint density at radius 1 is 1.00 bits per heavy atom. The molecule has 132 valence electrons. The van der Waals surface area contributed by atoms with Gasteiger partial charge in [0.2, 0.25) is 0 Å². The van der Waals surface area contributed by atoms with Gasteiger partial charge >= 0.3 is 0 Å². The molecule has 0 N–H and O–H groups in total. The molecule has 25 heavy (non-hydrogen) atoms. The fraction of sp³-hybridized carbons (Fsp3) is 0.381. The monoisotopic (exact) mass is 355 g/mol. The first-order valence-corrected chi connectivity index (χ1v) is 10.1. The van der Waals surface area contributed by atoms with E-state index in [1.165, 1.54) is 5.56 Å². The van der Waals surface area contributed by atoms with Crippen molar-refractivity contribution in [3.63, 3.8) is 0 Å². The van der Waals surface area contributed by atoms with Crippen molar-refractivity contribution < 1.29 is 8.42 Å². The van der Waals surface area contributed by atoms with Crippen molar-refractivity contribution in [1.29, 1.82) is 5.26 Å². The molecule has 0 saturated heterocycles. The van der Waals surface area contributed by atoms with E-state index in [4.69, 9.17) is 5.26 Å². The van der Waals surface area contributed by atoms with Crippen LogP contribution in [0, 0.1) is 18.3 Å².